The van der Waals surface area contributed by atoms with E-state index in [-0.39, 0.29) is 0 Å². The molecular weight excluding hydrogens is 230 g/mol. The summed E-state index contributed by atoms with van der Waals surface area (Å²) in [5.74, 6) is 0. The average molecular weight is 244 g/mol. The highest BCUT2D eigenvalue weighted by Crippen LogP contribution is 2.23. The molecular formula is C15H14ClN. The van der Waals surface area contributed by atoms with Gasteiger partial charge in [0.15, 0.2) is 0 Å². The molecule has 0 spiro atoms. The lowest BCUT2D eigenvalue weighted by molar-refractivity contribution is 1.41. The maximum Gasteiger partial charge on any atom is 0.0412 e. The van der Waals surface area contributed by atoms with Crippen LogP contribution in [0.1, 0.15) is 11.1 Å². The summed E-state index contributed by atoms with van der Waals surface area (Å²) in [7, 11) is 0. The summed E-state index contributed by atoms with van der Waals surface area (Å²) in [4.78, 5) is 0. The van der Waals surface area contributed by atoms with Crippen molar-refractivity contribution in [1.29, 1.82) is 0 Å². The second-order valence-electron chi connectivity index (χ2n) is 3.93. The molecule has 0 aliphatic rings. The molecule has 2 aromatic carbocycles. The zero-order chi connectivity index (χ0) is 12.3. The summed E-state index contributed by atoms with van der Waals surface area (Å²) in [6, 6.07) is 15.8. The SMILES string of the molecule is C=C(Nc1ccccc1)c1cc(Cl)ccc1C. The van der Waals surface area contributed by atoms with Crippen LogP contribution in [0.15, 0.2) is 55.1 Å². The number of aryl methyl sites for hydroxylation is 1. The van der Waals surface area contributed by atoms with Gasteiger partial charge in [-0.1, -0.05) is 42.4 Å². The van der Waals surface area contributed by atoms with E-state index >= 15 is 0 Å². The molecule has 0 aromatic heterocycles. The number of halogens is 1. The Morgan fingerprint density at radius 1 is 1.12 bits per heavy atom. The zero-order valence-corrected chi connectivity index (χ0v) is 10.5. The van der Waals surface area contributed by atoms with Crippen molar-refractivity contribution >= 4 is 23.0 Å². The molecule has 0 amide bonds. The van der Waals surface area contributed by atoms with E-state index in [0.717, 1.165) is 27.5 Å². The third-order valence-corrected chi connectivity index (χ3v) is 2.83. The quantitative estimate of drug-likeness (QED) is 0.822. The van der Waals surface area contributed by atoms with E-state index in [1.807, 2.05) is 55.5 Å². The Morgan fingerprint density at radius 2 is 1.82 bits per heavy atom. The van der Waals surface area contributed by atoms with Crippen LogP contribution in [0.2, 0.25) is 5.02 Å². The van der Waals surface area contributed by atoms with Crippen LogP contribution in [0.5, 0.6) is 0 Å². The van der Waals surface area contributed by atoms with Gasteiger partial charge < -0.3 is 5.32 Å². The molecule has 1 N–H and O–H groups in total. The number of hydrogen-bond donors (Lipinski definition) is 1. The first kappa shape index (κ1) is 11.7. The van der Waals surface area contributed by atoms with E-state index < -0.39 is 0 Å². The Balaban J connectivity index is 2.23. The van der Waals surface area contributed by atoms with E-state index in [1.54, 1.807) is 0 Å². The van der Waals surface area contributed by atoms with E-state index in [4.69, 9.17) is 11.6 Å². The van der Waals surface area contributed by atoms with Gasteiger partial charge in [0.2, 0.25) is 0 Å². The van der Waals surface area contributed by atoms with Crippen LogP contribution < -0.4 is 5.32 Å². The second-order valence-corrected chi connectivity index (χ2v) is 4.37. The smallest absolute Gasteiger partial charge is 0.0412 e. The average Bonchev–Trinajstić information content (AvgIpc) is 2.33. The molecule has 0 atom stereocenters. The van der Waals surface area contributed by atoms with Crippen molar-refractivity contribution in [1.82, 2.24) is 0 Å². The molecule has 86 valence electrons. The third kappa shape index (κ3) is 2.89. The highest BCUT2D eigenvalue weighted by atomic mass is 35.5. The van der Waals surface area contributed by atoms with Crippen molar-refractivity contribution in [3.05, 3.63) is 71.3 Å². The van der Waals surface area contributed by atoms with Gasteiger partial charge in [-0.15, -0.1) is 0 Å². The molecule has 0 fully saturated rings. The fraction of sp³-hybridized carbons (Fsp3) is 0.0667. The molecule has 0 saturated carbocycles. The minimum Gasteiger partial charge on any atom is -0.356 e. The minimum atomic E-state index is 0.724. The molecule has 0 unspecified atom stereocenters. The fourth-order valence-electron chi connectivity index (χ4n) is 1.68. The first-order valence-corrected chi connectivity index (χ1v) is 5.82. The number of para-hydroxylation sites is 1. The van der Waals surface area contributed by atoms with Gasteiger partial charge in [0.25, 0.3) is 0 Å². The van der Waals surface area contributed by atoms with Crippen LogP contribution in [0, 0.1) is 6.92 Å². The lowest BCUT2D eigenvalue weighted by Crippen LogP contribution is -1.99. The van der Waals surface area contributed by atoms with Gasteiger partial charge in [-0.05, 0) is 36.8 Å². The van der Waals surface area contributed by atoms with Crippen molar-refractivity contribution in [2.45, 2.75) is 6.92 Å². The molecule has 2 aromatic rings. The summed E-state index contributed by atoms with van der Waals surface area (Å²) >= 11 is 5.99. The summed E-state index contributed by atoms with van der Waals surface area (Å²) in [5, 5.41) is 4.00. The van der Waals surface area contributed by atoms with E-state index in [9.17, 15) is 0 Å². The normalized spacial score (nSPS) is 10.0. The van der Waals surface area contributed by atoms with Gasteiger partial charge in [0.1, 0.15) is 0 Å². The lowest BCUT2D eigenvalue weighted by atomic mass is 10.1. The van der Waals surface area contributed by atoms with E-state index in [1.165, 1.54) is 0 Å². The van der Waals surface area contributed by atoms with E-state index in [2.05, 4.69) is 11.9 Å². The molecule has 0 aliphatic carbocycles. The highest BCUT2D eigenvalue weighted by molar-refractivity contribution is 6.30. The third-order valence-electron chi connectivity index (χ3n) is 2.59. The van der Waals surface area contributed by atoms with Crippen LogP contribution >= 0.6 is 11.6 Å². The standard InChI is InChI=1S/C15H14ClN/c1-11-8-9-13(16)10-15(11)12(2)17-14-6-4-3-5-7-14/h3-10,17H,2H2,1H3. The van der Waals surface area contributed by atoms with Crippen molar-refractivity contribution in [2.75, 3.05) is 5.32 Å². The molecule has 0 radical (unpaired) electrons. The minimum absolute atomic E-state index is 0.724. The van der Waals surface area contributed by atoms with Gasteiger partial charge in [-0.25, -0.2) is 0 Å². The highest BCUT2D eigenvalue weighted by Gasteiger charge is 2.04. The predicted molar refractivity (Wildman–Crippen MR) is 75.3 cm³/mol. The Bertz CT molecular complexity index is 532. The molecule has 2 rings (SSSR count). The maximum atomic E-state index is 5.99. The summed E-state index contributed by atoms with van der Waals surface area (Å²) in [6.45, 7) is 6.10. The fourth-order valence-corrected chi connectivity index (χ4v) is 1.85. The topological polar surface area (TPSA) is 12.0 Å². The number of nitrogens with one attached hydrogen (secondary N) is 1. The number of benzene rings is 2. The van der Waals surface area contributed by atoms with Crippen LogP contribution in [0.25, 0.3) is 5.70 Å². The van der Waals surface area contributed by atoms with Crippen molar-refractivity contribution in [2.24, 2.45) is 0 Å². The molecule has 0 aliphatic heterocycles. The number of rotatable bonds is 3. The van der Waals surface area contributed by atoms with Gasteiger partial charge >= 0.3 is 0 Å². The van der Waals surface area contributed by atoms with Gasteiger partial charge in [-0.3, -0.25) is 0 Å². The zero-order valence-electron chi connectivity index (χ0n) is 9.70. The van der Waals surface area contributed by atoms with Crippen LogP contribution in [-0.4, -0.2) is 0 Å². The Kier molecular flexibility index (Phi) is 3.50. The molecule has 0 bridgehead atoms. The number of hydrogen-bond acceptors (Lipinski definition) is 1. The summed E-state index contributed by atoms with van der Waals surface area (Å²) in [5.41, 5.74) is 4.08. The molecule has 0 saturated heterocycles. The van der Waals surface area contributed by atoms with Crippen LogP contribution in [0.3, 0.4) is 0 Å². The van der Waals surface area contributed by atoms with Gasteiger partial charge in [0.05, 0.1) is 0 Å². The van der Waals surface area contributed by atoms with E-state index in [0.29, 0.717) is 0 Å². The lowest BCUT2D eigenvalue weighted by Gasteiger charge is -2.12. The Labute approximate surface area is 107 Å². The molecule has 17 heavy (non-hydrogen) atoms. The second kappa shape index (κ2) is 5.07. The Morgan fingerprint density at radius 3 is 2.53 bits per heavy atom. The molecule has 0 heterocycles. The molecule has 1 nitrogen and oxygen atoms in total. The largest absolute Gasteiger partial charge is 0.356 e. The number of anilines is 1. The summed E-state index contributed by atoms with van der Waals surface area (Å²) in [6.07, 6.45) is 0. The first-order valence-electron chi connectivity index (χ1n) is 5.44. The van der Waals surface area contributed by atoms with Crippen molar-refractivity contribution in [3.63, 3.8) is 0 Å². The van der Waals surface area contributed by atoms with Crippen LogP contribution in [0.4, 0.5) is 5.69 Å². The van der Waals surface area contributed by atoms with Crippen molar-refractivity contribution < 1.29 is 0 Å². The Hall–Kier alpha value is -1.73. The molecule has 2 heteroatoms. The van der Waals surface area contributed by atoms with Crippen molar-refractivity contribution in [3.8, 4) is 0 Å². The first-order chi connectivity index (χ1) is 8.16. The van der Waals surface area contributed by atoms with Crippen LogP contribution in [-0.2, 0) is 0 Å². The monoisotopic (exact) mass is 243 g/mol. The van der Waals surface area contributed by atoms with Gasteiger partial charge in [0, 0.05) is 22.0 Å². The van der Waals surface area contributed by atoms with Gasteiger partial charge in [-0.2, -0.15) is 0 Å². The summed E-state index contributed by atoms with van der Waals surface area (Å²) < 4.78 is 0. The maximum absolute atomic E-state index is 5.99. The predicted octanol–water partition coefficient (Wildman–Crippen LogP) is 4.73.